The van der Waals surface area contributed by atoms with Gasteiger partial charge in [-0.3, -0.25) is 4.79 Å². The van der Waals surface area contributed by atoms with Crippen LogP contribution in [-0.4, -0.2) is 79.9 Å². The van der Waals surface area contributed by atoms with Crippen LogP contribution >= 0.6 is 0 Å². The van der Waals surface area contributed by atoms with Crippen LogP contribution in [0.3, 0.4) is 0 Å². The highest BCUT2D eigenvalue weighted by atomic mass is 16.5. The van der Waals surface area contributed by atoms with Gasteiger partial charge in [-0.15, -0.1) is 30.7 Å². The van der Waals surface area contributed by atoms with Gasteiger partial charge in [0.15, 0.2) is 52.1 Å². The summed E-state index contributed by atoms with van der Waals surface area (Å²) in [5.74, 6) is 0.150. The van der Waals surface area contributed by atoms with Crippen LogP contribution in [0.1, 0.15) is 71.6 Å². The molecular formula is C30H38N16O4. The molecule has 0 aliphatic rings. The number of unbranched alkanes of at least 4 members (excludes halogenated alkanes) is 2. The molecule has 5 heterocycles. The van der Waals surface area contributed by atoms with E-state index in [4.69, 9.17) is 16.2 Å². The third-order valence-corrected chi connectivity index (χ3v) is 7.69. The summed E-state index contributed by atoms with van der Waals surface area (Å²) >= 11 is 0. The first-order valence-corrected chi connectivity index (χ1v) is 15.8. The standard InChI is InChI=1S/C30H38N16O4/c1-6-8-10-19-24(37-39-28-17(21(48)16-47)14-33-43(28)3)26(31)45(41-19)22-12-13-23(36-35-22)46-27(32)25(20(42-46)11-9-7-2)38-40-29-18(30(49)50-5)15-34-44(29)4/h12-15,47H,6-11,16,31-32H2,1-5H3. The number of aromatic nitrogens is 10. The Kier molecular flexibility index (Phi) is 10.8. The lowest BCUT2D eigenvalue weighted by Gasteiger charge is -2.05. The number of rotatable bonds is 15. The third kappa shape index (κ3) is 6.99. The molecule has 5 N–H and O–H groups in total. The van der Waals surface area contributed by atoms with Crippen LogP contribution < -0.4 is 11.5 Å². The number of aliphatic hydroxyl groups excluding tert-OH is 1. The molecule has 0 unspecified atom stereocenters. The monoisotopic (exact) mass is 686 g/mol. The van der Waals surface area contributed by atoms with Crippen molar-refractivity contribution in [2.24, 2.45) is 34.6 Å². The van der Waals surface area contributed by atoms with E-state index in [0.29, 0.717) is 47.2 Å². The number of hydrogen-bond donors (Lipinski definition) is 3. The summed E-state index contributed by atoms with van der Waals surface area (Å²) in [5.41, 5.74) is 15.1. The molecule has 0 aliphatic carbocycles. The van der Waals surface area contributed by atoms with E-state index < -0.39 is 18.4 Å². The Morgan fingerprint density at radius 2 is 1.24 bits per heavy atom. The molecule has 5 aromatic rings. The van der Waals surface area contributed by atoms with Crippen molar-refractivity contribution in [1.29, 1.82) is 0 Å². The van der Waals surface area contributed by atoms with Gasteiger partial charge in [-0.2, -0.15) is 29.8 Å². The smallest absolute Gasteiger partial charge is 0.343 e. The summed E-state index contributed by atoms with van der Waals surface area (Å²) in [6.45, 7) is 3.41. The fourth-order valence-electron chi connectivity index (χ4n) is 4.91. The molecule has 20 nitrogen and oxygen atoms in total. The van der Waals surface area contributed by atoms with Crippen LogP contribution in [0, 0.1) is 0 Å². The molecule has 20 heteroatoms. The summed E-state index contributed by atoms with van der Waals surface area (Å²) < 4.78 is 10.4. The molecular weight excluding hydrogens is 648 g/mol. The maximum Gasteiger partial charge on any atom is 0.343 e. The number of nitrogen functional groups attached to an aromatic ring is 2. The molecule has 50 heavy (non-hydrogen) atoms. The molecule has 5 rings (SSSR count). The molecule has 0 aromatic carbocycles. The van der Waals surface area contributed by atoms with Gasteiger partial charge >= 0.3 is 5.97 Å². The van der Waals surface area contributed by atoms with Gasteiger partial charge in [-0.25, -0.2) is 14.2 Å². The number of esters is 1. The molecule has 0 bridgehead atoms. The van der Waals surface area contributed by atoms with Gasteiger partial charge in [-0.05, 0) is 37.8 Å². The second-order valence-electron chi connectivity index (χ2n) is 11.1. The van der Waals surface area contributed by atoms with Gasteiger partial charge in [0.1, 0.15) is 12.2 Å². The first-order chi connectivity index (χ1) is 24.1. The summed E-state index contributed by atoms with van der Waals surface area (Å²) in [7, 11) is 4.51. The SMILES string of the molecule is CCCCc1nn(-c2ccc(-n3nc(CCCC)c(N=Nc4c(C(=O)OC)cnn4C)c3N)nn2)c(N)c1N=Nc1c(C(=O)CO)cnn1C. The average Bonchev–Trinajstić information content (AvgIpc) is 3.86. The molecule has 0 amide bonds. The fraction of sp³-hybridized carbons (Fsp3) is 0.400. The number of aliphatic hydroxyl groups is 1. The number of ether oxygens (including phenoxy) is 1. The van der Waals surface area contributed by atoms with E-state index in [9.17, 15) is 14.7 Å². The van der Waals surface area contributed by atoms with Crippen molar-refractivity contribution in [3.05, 3.63) is 47.0 Å². The van der Waals surface area contributed by atoms with Crippen LogP contribution in [0.25, 0.3) is 11.6 Å². The van der Waals surface area contributed by atoms with Crippen LogP contribution in [0.2, 0.25) is 0 Å². The Morgan fingerprint density at radius 1 is 0.780 bits per heavy atom. The van der Waals surface area contributed by atoms with Crippen molar-refractivity contribution in [3.8, 4) is 11.6 Å². The number of Topliss-reactive ketones (excluding diaryl/α,β-unsaturated/α-hetero) is 1. The highest BCUT2D eigenvalue weighted by Gasteiger charge is 2.22. The summed E-state index contributed by atoms with van der Waals surface area (Å²) in [5, 5.41) is 52.8. The lowest BCUT2D eigenvalue weighted by atomic mass is 10.2. The van der Waals surface area contributed by atoms with Gasteiger partial charge in [0.2, 0.25) is 0 Å². The molecule has 0 fully saturated rings. The number of aryl methyl sites for hydroxylation is 4. The van der Waals surface area contributed by atoms with E-state index in [-0.39, 0.29) is 34.4 Å². The van der Waals surface area contributed by atoms with Crippen molar-refractivity contribution in [2.75, 3.05) is 25.2 Å². The minimum Gasteiger partial charge on any atom is -0.465 e. The third-order valence-electron chi connectivity index (χ3n) is 7.69. The van der Waals surface area contributed by atoms with Gasteiger partial charge < -0.3 is 21.3 Å². The van der Waals surface area contributed by atoms with Crippen molar-refractivity contribution in [1.82, 2.24) is 49.3 Å². The number of anilines is 2. The van der Waals surface area contributed by atoms with Gasteiger partial charge in [-0.1, -0.05) is 26.7 Å². The molecule has 5 aromatic heterocycles. The highest BCUT2D eigenvalue weighted by Crippen LogP contribution is 2.34. The Bertz CT molecular complexity index is 1910. The zero-order valence-corrected chi connectivity index (χ0v) is 28.3. The molecule has 262 valence electrons. The quantitative estimate of drug-likeness (QED) is 0.0803. The van der Waals surface area contributed by atoms with E-state index in [1.165, 1.54) is 38.2 Å². The number of nitrogens with two attached hydrogens (primary N) is 2. The molecule has 0 atom stereocenters. The molecule has 0 saturated carbocycles. The van der Waals surface area contributed by atoms with Gasteiger partial charge in [0.05, 0.1) is 36.5 Å². The van der Waals surface area contributed by atoms with Gasteiger partial charge in [0.25, 0.3) is 0 Å². The predicted molar refractivity (Wildman–Crippen MR) is 180 cm³/mol. The molecule has 0 aliphatic heterocycles. The zero-order chi connectivity index (χ0) is 35.9. The number of methoxy groups -OCH3 is 1. The second-order valence-corrected chi connectivity index (χ2v) is 11.1. The molecule has 0 radical (unpaired) electrons. The number of nitrogens with zero attached hydrogens (tertiary/aromatic N) is 14. The van der Waals surface area contributed by atoms with E-state index in [2.05, 4.69) is 58.0 Å². The number of ketones is 1. The Morgan fingerprint density at radius 3 is 1.66 bits per heavy atom. The average molecular weight is 687 g/mol. The highest BCUT2D eigenvalue weighted by molar-refractivity contribution is 6.00. The van der Waals surface area contributed by atoms with E-state index in [1.54, 1.807) is 26.2 Å². The minimum absolute atomic E-state index is 0.129. The van der Waals surface area contributed by atoms with Crippen molar-refractivity contribution in [3.63, 3.8) is 0 Å². The lowest BCUT2D eigenvalue weighted by molar-refractivity contribution is 0.0601. The Labute approximate surface area is 285 Å². The largest absolute Gasteiger partial charge is 0.465 e. The minimum atomic E-state index is -0.691. The van der Waals surface area contributed by atoms with E-state index >= 15 is 0 Å². The topological polar surface area (TPSA) is 262 Å². The van der Waals surface area contributed by atoms with Crippen molar-refractivity contribution < 1.29 is 19.4 Å². The Hall–Kier alpha value is -6.18. The summed E-state index contributed by atoms with van der Waals surface area (Å²) in [6.07, 6.45) is 7.24. The molecule has 0 saturated heterocycles. The Balaban J connectivity index is 1.49. The van der Waals surface area contributed by atoms with Crippen molar-refractivity contribution in [2.45, 2.75) is 52.4 Å². The maximum atomic E-state index is 12.2. The molecule has 0 spiro atoms. The van der Waals surface area contributed by atoms with Crippen molar-refractivity contribution >= 4 is 46.4 Å². The normalized spacial score (nSPS) is 11.7. The van der Waals surface area contributed by atoms with Crippen LogP contribution in [0.15, 0.2) is 45.0 Å². The fourth-order valence-corrected chi connectivity index (χ4v) is 4.91. The first-order valence-electron chi connectivity index (χ1n) is 15.8. The number of carbonyl (C=O) groups is 2. The van der Waals surface area contributed by atoms with Crippen LogP contribution in [0.5, 0.6) is 0 Å². The van der Waals surface area contributed by atoms with Crippen LogP contribution in [0.4, 0.5) is 34.6 Å². The van der Waals surface area contributed by atoms with Crippen LogP contribution in [-0.2, 0) is 31.7 Å². The number of azo groups is 2. The summed E-state index contributed by atoms with van der Waals surface area (Å²) in [4.78, 5) is 24.4. The van der Waals surface area contributed by atoms with Gasteiger partial charge in [0, 0.05) is 14.1 Å². The number of carbonyl (C=O) groups excluding carboxylic acids is 2. The maximum absolute atomic E-state index is 12.2. The lowest BCUT2D eigenvalue weighted by Crippen LogP contribution is -2.09. The summed E-state index contributed by atoms with van der Waals surface area (Å²) in [6, 6.07) is 3.31. The number of hydrogen-bond acceptors (Lipinski definition) is 16. The predicted octanol–water partition coefficient (Wildman–Crippen LogP) is 3.96. The van der Waals surface area contributed by atoms with E-state index in [1.807, 2.05) is 6.92 Å². The zero-order valence-electron chi connectivity index (χ0n) is 28.3. The second kappa shape index (κ2) is 15.4. The first kappa shape index (κ1) is 35.1. The van der Waals surface area contributed by atoms with E-state index in [0.717, 1.165) is 25.7 Å².